The first-order valence-electron chi connectivity index (χ1n) is 11.8. The monoisotopic (exact) mass is 412 g/mol. The Hall–Kier alpha value is -1.96. The Bertz CT molecular complexity index is 741. The minimum atomic E-state index is -0.722. The summed E-state index contributed by atoms with van der Waals surface area (Å²) in [5, 5.41) is 0. The molecular formula is C28H38F2. The van der Waals surface area contributed by atoms with Crippen LogP contribution in [-0.2, 0) is 19.3 Å². The van der Waals surface area contributed by atoms with Gasteiger partial charge in [-0.05, 0) is 48.8 Å². The van der Waals surface area contributed by atoms with E-state index in [9.17, 15) is 8.78 Å². The Morgan fingerprint density at radius 1 is 0.567 bits per heavy atom. The SMILES string of the molecule is CCCCCCCCCc1ccc(CCc2ccc(/C(F)=C(/F)CCC)cc2)cc1. The van der Waals surface area contributed by atoms with Crippen molar-refractivity contribution in [3.05, 3.63) is 76.6 Å². The highest BCUT2D eigenvalue weighted by molar-refractivity contribution is 5.61. The van der Waals surface area contributed by atoms with Crippen molar-refractivity contribution in [1.29, 1.82) is 0 Å². The molecule has 0 fully saturated rings. The van der Waals surface area contributed by atoms with E-state index >= 15 is 0 Å². The maximum Gasteiger partial charge on any atom is 0.161 e. The number of unbranched alkanes of at least 4 members (excludes halogenated alkanes) is 6. The van der Waals surface area contributed by atoms with E-state index < -0.39 is 11.7 Å². The molecule has 0 N–H and O–H groups in total. The third-order valence-electron chi connectivity index (χ3n) is 5.71. The zero-order valence-electron chi connectivity index (χ0n) is 18.9. The van der Waals surface area contributed by atoms with Gasteiger partial charge in [-0.15, -0.1) is 0 Å². The molecule has 0 saturated carbocycles. The maximum atomic E-state index is 14.0. The van der Waals surface area contributed by atoms with Gasteiger partial charge in [-0.1, -0.05) is 101 Å². The fourth-order valence-corrected chi connectivity index (χ4v) is 3.75. The van der Waals surface area contributed by atoms with Gasteiger partial charge < -0.3 is 0 Å². The Balaban J connectivity index is 1.74. The summed E-state index contributed by atoms with van der Waals surface area (Å²) in [7, 11) is 0. The summed E-state index contributed by atoms with van der Waals surface area (Å²) in [5.74, 6) is -1.37. The summed E-state index contributed by atoms with van der Waals surface area (Å²) < 4.78 is 27.7. The molecule has 2 aromatic carbocycles. The van der Waals surface area contributed by atoms with E-state index in [4.69, 9.17) is 0 Å². The van der Waals surface area contributed by atoms with Crippen LogP contribution in [0.5, 0.6) is 0 Å². The van der Waals surface area contributed by atoms with E-state index in [0.29, 0.717) is 12.0 Å². The molecule has 0 nitrogen and oxygen atoms in total. The highest BCUT2D eigenvalue weighted by Crippen LogP contribution is 2.24. The van der Waals surface area contributed by atoms with E-state index in [-0.39, 0.29) is 6.42 Å². The normalized spacial score (nSPS) is 12.1. The Morgan fingerprint density at radius 2 is 1.03 bits per heavy atom. The quantitative estimate of drug-likeness (QED) is 0.271. The number of benzene rings is 2. The van der Waals surface area contributed by atoms with Gasteiger partial charge in [0.15, 0.2) is 5.83 Å². The van der Waals surface area contributed by atoms with Gasteiger partial charge in [-0.3, -0.25) is 0 Å². The molecule has 0 aliphatic heterocycles. The second-order valence-electron chi connectivity index (χ2n) is 8.35. The Kier molecular flexibility index (Phi) is 11.4. The number of halogens is 2. The molecule has 2 aromatic rings. The zero-order valence-corrected chi connectivity index (χ0v) is 18.9. The van der Waals surface area contributed by atoms with Gasteiger partial charge in [0, 0.05) is 12.0 Å². The second-order valence-corrected chi connectivity index (χ2v) is 8.35. The van der Waals surface area contributed by atoms with Gasteiger partial charge >= 0.3 is 0 Å². The summed E-state index contributed by atoms with van der Waals surface area (Å²) in [6.45, 7) is 4.11. The smallest absolute Gasteiger partial charge is 0.161 e. The van der Waals surface area contributed by atoms with E-state index in [0.717, 1.165) is 18.4 Å². The summed E-state index contributed by atoms with van der Waals surface area (Å²) in [6, 6.07) is 16.2. The molecule has 0 spiro atoms. The number of hydrogen-bond acceptors (Lipinski definition) is 0. The van der Waals surface area contributed by atoms with Crippen LogP contribution in [0.2, 0.25) is 0 Å². The summed E-state index contributed by atoms with van der Waals surface area (Å²) in [5.41, 5.74) is 4.23. The highest BCUT2D eigenvalue weighted by Gasteiger charge is 2.08. The topological polar surface area (TPSA) is 0 Å². The molecule has 0 saturated heterocycles. The van der Waals surface area contributed by atoms with Gasteiger partial charge in [-0.2, -0.15) is 0 Å². The first kappa shape index (κ1) is 24.3. The van der Waals surface area contributed by atoms with E-state index in [2.05, 4.69) is 31.2 Å². The van der Waals surface area contributed by atoms with E-state index in [1.807, 2.05) is 19.1 Å². The summed E-state index contributed by atoms with van der Waals surface area (Å²) >= 11 is 0. The van der Waals surface area contributed by atoms with Crippen molar-refractivity contribution >= 4 is 5.83 Å². The molecule has 2 rings (SSSR count). The van der Waals surface area contributed by atoms with Crippen LogP contribution >= 0.6 is 0 Å². The average molecular weight is 413 g/mol. The van der Waals surface area contributed by atoms with Crippen molar-refractivity contribution in [1.82, 2.24) is 0 Å². The van der Waals surface area contributed by atoms with Crippen molar-refractivity contribution in [2.24, 2.45) is 0 Å². The van der Waals surface area contributed by atoms with Crippen LogP contribution < -0.4 is 0 Å². The Morgan fingerprint density at radius 3 is 1.57 bits per heavy atom. The van der Waals surface area contributed by atoms with Crippen molar-refractivity contribution in [3.8, 4) is 0 Å². The first-order chi connectivity index (χ1) is 14.6. The number of allylic oxidation sites excluding steroid dienone is 1. The molecule has 0 atom stereocenters. The third-order valence-corrected chi connectivity index (χ3v) is 5.71. The molecule has 0 aromatic heterocycles. The fraction of sp³-hybridized carbons (Fsp3) is 0.500. The summed E-state index contributed by atoms with van der Waals surface area (Å²) in [4.78, 5) is 0. The molecule has 0 unspecified atom stereocenters. The van der Waals surface area contributed by atoms with Gasteiger partial charge in [0.05, 0.1) is 0 Å². The van der Waals surface area contributed by atoms with Crippen LogP contribution in [0.4, 0.5) is 8.78 Å². The lowest BCUT2D eigenvalue weighted by Crippen LogP contribution is -1.93. The second kappa shape index (κ2) is 14.1. The lowest BCUT2D eigenvalue weighted by Gasteiger charge is -2.06. The van der Waals surface area contributed by atoms with Crippen LogP contribution in [0.3, 0.4) is 0 Å². The molecule has 0 radical (unpaired) electrons. The molecule has 2 heteroatoms. The number of rotatable bonds is 14. The predicted octanol–water partition coefficient (Wildman–Crippen LogP) is 9.17. The van der Waals surface area contributed by atoms with E-state index in [1.165, 1.54) is 62.5 Å². The van der Waals surface area contributed by atoms with Crippen LogP contribution in [0, 0.1) is 0 Å². The lowest BCUT2D eigenvalue weighted by molar-refractivity contribution is 0.559. The van der Waals surface area contributed by atoms with Gasteiger partial charge in [0.2, 0.25) is 0 Å². The molecule has 0 aliphatic rings. The molecule has 164 valence electrons. The van der Waals surface area contributed by atoms with Gasteiger partial charge in [0.1, 0.15) is 5.83 Å². The number of hydrogen-bond donors (Lipinski definition) is 0. The van der Waals surface area contributed by atoms with Crippen LogP contribution in [-0.4, -0.2) is 0 Å². The molecule has 0 amide bonds. The largest absolute Gasteiger partial charge is 0.209 e. The van der Waals surface area contributed by atoms with Crippen LogP contribution in [0.1, 0.15) is 93.9 Å². The van der Waals surface area contributed by atoms with Crippen LogP contribution in [0.25, 0.3) is 5.83 Å². The third kappa shape index (κ3) is 8.81. The predicted molar refractivity (Wildman–Crippen MR) is 126 cm³/mol. The molecule has 0 heterocycles. The standard InChI is InChI=1S/C28H38F2/c1-3-5-6-7-8-9-10-12-23-13-15-24(16-14-23)17-18-25-19-21-26(22-20-25)28(30)27(29)11-4-2/h13-16,19-22H,3-12,17-18H2,1-2H3/b28-27-. The van der Waals surface area contributed by atoms with Crippen molar-refractivity contribution in [3.63, 3.8) is 0 Å². The van der Waals surface area contributed by atoms with Crippen molar-refractivity contribution in [2.75, 3.05) is 0 Å². The Labute approximate surface area is 182 Å². The van der Waals surface area contributed by atoms with Gasteiger partial charge in [0.25, 0.3) is 0 Å². The molecule has 0 aliphatic carbocycles. The minimum absolute atomic E-state index is 0.155. The van der Waals surface area contributed by atoms with Crippen molar-refractivity contribution < 1.29 is 8.78 Å². The van der Waals surface area contributed by atoms with Crippen LogP contribution in [0.15, 0.2) is 54.4 Å². The highest BCUT2D eigenvalue weighted by atomic mass is 19.2. The molecule has 0 bridgehead atoms. The fourth-order valence-electron chi connectivity index (χ4n) is 3.75. The first-order valence-corrected chi connectivity index (χ1v) is 11.8. The van der Waals surface area contributed by atoms with Crippen molar-refractivity contribution in [2.45, 2.75) is 90.9 Å². The number of aryl methyl sites for hydroxylation is 3. The molecular weight excluding hydrogens is 374 g/mol. The average Bonchev–Trinajstić information content (AvgIpc) is 2.78. The maximum absolute atomic E-state index is 14.0. The summed E-state index contributed by atoms with van der Waals surface area (Å²) in [6.07, 6.45) is 13.2. The van der Waals surface area contributed by atoms with Gasteiger partial charge in [-0.25, -0.2) is 8.78 Å². The van der Waals surface area contributed by atoms with E-state index in [1.54, 1.807) is 12.1 Å². The molecule has 30 heavy (non-hydrogen) atoms. The zero-order chi connectivity index (χ0) is 21.6. The lowest BCUT2D eigenvalue weighted by atomic mass is 10.00. The minimum Gasteiger partial charge on any atom is -0.209 e.